The van der Waals surface area contributed by atoms with Crippen LogP contribution in [0.4, 0.5) is 0 Å². The minimum atomic E-state index is 0.712. The van der Waals surface area contributed by atoms with Crippen molar-refractivity contribution in [2.75, 3.05) is 13.7 Å². The molecule has 4 nitrogen and oxygen atoms in total. The Morgan fingerprint density at radius 1 is 0.839 bits per heavy atom. The largest absolute Gasteiger partial charge is 0.496 e. The minimum absolute atomic E-state index is 0.712. The van der Waals surface area contributed by atoms with Crippen LogP contribution in [0.1, 0.15) is 29.8 Å². The van der Waals surface area contributed by atoms with Crippen LogP contribution in [0, 0.1) is 6.92 Å². The Morgan fingerprint density at radius 3 is 2.42 bits per heavy atom. The molecule has 4 heteroatoms. The molecule has 0 aliphatic carbocycles. The van der Waals surface area contributed by atoms with Gasteiger partial charge < -0.3 is 14.0 Å². The third-order valence-corrected chi connectivity index (χ3v) is 5.36. The van der Waals surface area contributed by atoms with Gasteiger partial charge in [0.15, 0.2) is 0 Å². The maximum atomic E-state index is 5.95. The molecule has 3 aromatic carbocycles. The Balaban J connectivity index is 1.46. The predicted octanol–water partition coefficient (Wildman–Crippen LogP) is 6.38. The average molecular weight is 413 g/mol. The van der Waals surface area contributed by atoms with E-state index in [0.717, 1.165) is 53.3 Å². The van der Waals surface area contributed by atoms with Crippen molar-refractivity contribution in [1.82, 2.24) is 9.55 Å². The summed E-state index contributed by atoms with van der Waals surface area (Å²) in [5.74, 6) is 2.78. The zero-order valence-electron chi connectivity index (χ0n) is 18.1. The summed E-state index contributed by atoms with van der Waals surface area (Å²) in [6.45, 7) is 3.68. The number of methoxy groups -OCH3 is 1. The summed E-state index contributed by atoms with van der Waals surface area (Å²) in [5, 5.41) is 0. The van der Waals surface area contributed by atoms with Crippen LogP contribution in [0.3, 0.4) is 0 Å². The first-order chi connectivity index (χ1) is 15.3. The summed E-state index contributed by atoms with van der Waals surface area (Å²) in [6, 6.07) is 24.4. The Bertz CT molecular complexity index is 1180. The van der Waals surface area contributed by atoms with Crippen molar-refractivity contribution in [3.05, 3.63) is 89.7 Å². The van der Waals surface area contributed by atoms with Gasteiger partial charge in [-0.05, 0) is 61.7 Å². The topological polar surface area (TPSA) is 36.3 Å². The van der Waals surface area contributed by atoms with Gasteiger partial charge in [-0.3, -0.25) is 0 Å². The molecule has 0 aliphatic rings. The predicted molar refractivity (Wildman–Crippen MR) is 128 cm³/mol. The van der Waals surface area contributed by atoms with E-state index in [1.165, 1.54) is 5.56 Å². The number of hydrogen-bond acceptors (Lipinski definition) is 3. The molecular formula is C27H28N2O2. The molecular weight excluding hydrogens is 384 g/mol. The van der Waals surface area contributed by atoms with E-state index in [2.05, 4.69) is 47.9 Å². The fourth-order valence-electron chi connectivity index (χ4n) is 3.70. The standard InChI is InChI=1S/C27H28N2O2/c1-21-11-3-7-15-25(21)31-20-10-9-19-29-24-14-6-5-13-23(24)28-27(29)18-17-22-12-4-8-16-26(22)30-2/h3-8,11-18H,9-10,19-20H2,1-2H3/b18-17+. The Labute approximate surface area is 183 Å². The van der Waals surface area contributed by atoms with Crippen LogP contribution in [0.5, 0.6) is 11.5 Å². The van der Waals surface area contributed by atoms with E-state index in [-0.39, 0.29) is 0 Å². The highest BCUT2D eigenvalue weighted by molar-refractivity contribution is 5.80. The highest BCUT2D eigenvalue weighted by Crippen LogP contribution is 2.23. The van der Waals surface area contributed by atoms with Gasteiger partial charge in [0, 0.05) is 12.1 Å². The van der Waals surface area contributed by atoms with Gasteiger partial charge in [0.2, 0.25) is 0 Å². The van der Waals surface area contributed by atoms with Gasteiger partial charge in [-0.15, -0.1) is 0 Å². The summed E-state index contributed by atoms with van der Waals surface area (Å²) in [6.07, 6.45) is 6.14. The maximum absolute atomic E-state index is 5.95. The zero-order chi connectivity index (χ0) is 21.5. The number of aromatic nitrogens is 2. The van der Waals surface area contributed by atoms with Crippen molar-refractivity contribution >= 4 is 23.2 Å². The molecule has 4 rings (SSSR count). The lowest BCUT2D eigenvalue weighted by molar-refractivity contribution is 0.301. The van der Waals surface area contributed by atoms with Gasteiger partial charge in [-0.25, -0.2) is 4.98 Å². The molecule has 1 heterocycles. The second kappa shape index (κ2) is 9.98. The van der Waals surface area contributed by atoms with E-state index in [4.69, 9.17) is 14.5 Å². The van der Waals surface area contributed by atoms with Crippen molar-refractivity contribution in [2.24, 2.45) is 0 Å². The fourth-order valence-corrected chi connectivity index (χ4v) is 3.70. The molecule has 0 saturated heterocycles. The molecule has 158 valence electrons. The van der Waals surface area contributed by atoms with Crippen LogP contribution < -0.4 is 9.47 Å². The van der Waals surface area contributed by atoms with Gasteiger partial charge in [-0.2, -0.15) is 0 Å². The van der Waals surface area contributed by atoms with Gasteiger partial charge in [0.1, 0.15) is 17.3 Å². The van der Waals surface area contributed by atoms with Gasteiger partial charge in [-0.1, -0.05) is 48.5 Å². The summed E-state index contributed by atoms with van der Waals surface area (Å²) in [5.41, 5.74) is 4.38. The number of imidazole rings is 1. The number of aryl methyl sites for hydroxylation is 2. The fraction of sp³-hybridized carbons (Fsp3) is 0.222. The molecule has 1 aromatic heterocycles. The molecule has 0 unspecified atom stereocenters. The minimum Gasteiger partial charge on any atom is -0.496 e. The number of nitrogens with zero attached hydrogens (tertiary/aromatic N) is 2. The lowest BCUT2D eigenvalue weighted by atomic mass is 10.2. The van der Waals surface area contributed by atoms with Crippen LogP contribution in [0.15, 0.2) is 72.8 Å². The zero-order valence-corrected chi connectivity index (χ0v) is 18.1. The molecule has 4 aromatic rings. The highest BCUT2D eigenvalue weighted by Gasteiger charge is 2.08. The van der Waals surface area contributed by atoms with Crippen LogP contribution in [0.2, 0.25) is 0 Å². The summed E-state index contributed by atoms with van der Waals surface area (Å²) in [7, 11) is 1.70. The van der Waals surface area contributed by atoms with Crippen molar-refractivity contribution in [2.45, 2.75) is 26.3 Å². The smallest absolute Gasteiger partial charge is 0.133 e. The second-order valence-electron chi connectivity index (χ2n) is 7.51. The number of rotatable bonds is 9. The number of unbranched alkanes of at least 4 members (excludes halogenated alkanes) is 1. The Hall–Kier alpha value is -3.53. The molecule has 0 radical (unpaired) electrons. The lowest BCUT2D eigenvalue weighted by Gasteiger charge is -2.10. The van der Waals surface area contributed by atoms with E-state index in [9.17, 15) is 0 Å². The number of hydrogen-bond donors (Lipinski definition) is 0. The van der Waals surface area contributed by atoms with Crippen molar-refractivity contribution in [3.8, 4) is 11.5 Å². The molecule has 0 spiro atoms. The van der Waals surface area contributed by atoms with Crippen molar-refractivity contribution in [3.63, 3.8) is 0 Å². The highest BCUT2D eigenvalue weighted by atomic mass is 16.5. The van der Waals surface area contributed by atoms with Crippen molar-refractivity contribution < 1.29 is 9.47 Å². The molecule has 0 aliphatic heterocycles. The van der Waals surface area contributed by atoms with Gasteiger partial charge >= 0.3 is 0 Å². The van der Waals surface area contributed by atoms with E-state index >= 15 is 0 Å². The quantitative estimate of drug-likeness (QED) is 0.299. The summed E-state index contributed by atoms with van der Waals surface area (Å²) in [4.78, 5) is 4.85. The maximum Gasteiger partial charge on any atom is 0.133 e. The first-order valence-corrected chi connectivity index (χ1v) is 10.7. The molecule has 0 bridgehead atoms. The number of ether oxygens (including phenoxy) is 2. The van der Waals surface area contributed by atoms with Gasteiger partial charge in [0.25, 0.3) is 0 Å². The van der Waals surface area contributed by atoms with E-state index < -0.39 is 0 Å². The molecule has 0 N–H and O–H groups in total. The normalized spacial score (nSPS) is 11.3. The summed E-state index contributed by atoms with van der Waals surface area (Å²) < 4.78 is 13.7. The average Bonchev–Trinajstić information content (AvgIpc) is 3.16. The summed E-state index contributed by atoms with van der Waals surface area (Å²) >= 11 is 0. The number of para-hydroxylation sites is 4. The van der Waals surface area contributed by atoms with Gasteiger partial charge in [0.05, 0.1) is 24.8 Å². The number of fused-ring (bicyclic) bond motifs is 1. The van der Waals surface area contributed by atoms with Crippen LogP contribution in [0.25, 0.3) is 23.2 Å². The molecule has 0 fully saturated rings. The Kier molecular flexibility index (Phi) is 6.68. The van der Waals surface area contributed by atoms with E-state index in [1.807, 2.05) is 48.5 Å². The molecule has 0 atom stereocenters. The molecule has 0 amide bonds. The van der Waals surface area contributed by atoms with Crippen molar-refractivity contribution in [1.29, 1.82) is 0 Å². The molecule has 0 saturated carbocycles. The third-order valence-electron chi connectivity index (χ3n) is 5.36. The third kappa shape index (κ3) is 4.97. The Morgan fingerprint density at radius 2 is 1.58 bits per heavy atom. The monoisotopic (exact) mass is 412 g/mol. The first-order valence-electron chi connectivity index (χ1n) is 10.7. The van der Waals surface area contributed by atoms with Crippen LogP contribution in [-0.2, 0) is 6.54 Å². The van der Waals surface area contributed by atoms with Crippen LogP contribution >= 0.6 is 0 Å². The molecule has 31 heavy (non-hydrogen) atoms. The number of benzene rings is 3. The van der Waals surface area contributed by atoms with Crippen LogP contribution in [-0.4, -0.2) is 23.3 Å². The first kappa shape index (κ1) is 20.7. The van der Waals surface area contributed by atoms with E-state index in [0.29, 0.717) is 6.61 Å². The second-order valence-corrected chi connectivity index (χ2v) is 7.51. The van der Waals surface area contributed by atoms with E-state index in [1.54, 1.807) is 7.11 Å². The lowest BCUT2D eigenvalue weighted by Crippen LogP contribution is -2.04. The SMILES string of the molecule is COc1ccccc1/C=C/c1nc2ccccc2n1CCCCOc1ccccc1C.